The summed E-state index contributed by atoms with van der Waals surface area (Å²) in [5, 5.41) is 79.6. The third kappa shape index (κ3) is 25.0. The number of halogens is 1. The molecule has 612 valence electrons. The molecule has 29 heteroatoms. The van der Waals surface area contributed by atoms with Gasteiger partial charge in [-0.3, -0.25) is 9.89 Å². The molecule has 0 spiro atoms. The number of H-pyrrole nitrogens is 1. The molecule has 5 unspecified atom stereocenters. The Hall–Kier alpha value is -19.6. The number of rotatable bonds is 16. The van der Waals surface area contributed by atoms with Crippen LogP contribution in [0.25, 0.3) is 29.1 Å². The van der Waals surface area contributed by atoms with Gasteiger partial charge in [-0.15, -0.1) is 10.2 Å². The van der Waals surface area contributed by atoms with Gasteiger partial charge < -0.3 is 4.57 Å². The van der Waals surface area contributed by atoms with Crippen molar-refractivity contribution in [2.75, 3.05) is 0 Å². The first-order valence-corrected chi connectivity index (χ1v) is 39.4. The molecule has 129 heavy (non-hydrogen) atoms. The fourth-order valence-corrected chi connectivity index (χ4v) is 13.3. The zero-order valence-corrected chi connectivity index (χ0v) is 69.4. The van der Waals surface area contributed by atoms with E-state index >= 15 is 0 Å². The molecule has 12 aromatic carbocycles. The van der Waals surface area contributed by atoms with Crippen LogP contribution < -0.4 is 0 Å². The van der Waals surface area contributed by atoms with Crippen molar-refractivity contribution in [2.45, 2.75) is 29.0 Å². The minimum absolute atomic E-state index is 0.0741. The fourth-order valence-electron chi connectivity index (χ4n) is 12.7. The Labute approximate surface area is 750 Å². The zero-order chi connectivity index (χ0) is 90.9. The van der Waals surface area contributed by atoms with E-state index < -0.39 is 0 Å². The Morgan fingerprint density at radius 3 is 0.713 bits per heavy atom. The maximum Gasteiger partial charge on any atom is 0.192 e. The highest BCUT2D eigenvalue weighted by molar-refractivity contribution is 9.09. The van der Waals surface area contributed by atoms with Gasteiger partial charge in [-0.05, 0) is 141 Å². The first-order valence-electron chi connectivity index (χ1n) is 38.4. The highest BCUT2D eigenvalue weighted by atomic mass is 79.9. The van der Waals surface area contributed by atoms with E-state index in [2.05, 4.69) is 131 Å². The van der Waals surface area contributed by atoms with Crippen LogP contribution in [0.15, 0.2) is 354 Å². The number of ketones is 1. The average molecular weight is 1740 g/mol. The lowest BCUT2D eigenvalue weighted by Gasteiger charge is -2.19. The minimum atomic E-state index is -0.143. The average Bonchev–Trinajstić information content (AvgIpc) is 1.78. The van der Waals surface area contributed by atoms with Crippen molar-refractivity contribution in [3.63, 3.8) is 0 Å². The summed E-state index contributed by atoms with van der Waals surface area (Å²) in [7, 11) is 0. The molecule has 0 aliphatic rings. The molecule has 0 amide bonds. The van der Waals surface area contributed by atoms with Crippen molar-refractivity contribution in [3.8, 4) is 36.4 Å². The predicted octanol–water partition coefficient (Wildman–Crippen LogP) is 21.1. The Kier molecular flexibility index (Phi) is 32.7. The topological polar surface area (TPSA) is 350 Å². The van der Waals surface area contributed by atoms with Crippen LogP contribution in [0.3, 0.4) is 0 Å². The van der Waals surface area contributed by atoms with Gasteiger partial charge >= 0.3 is 0 Å². The first-order chi connectivity index (χ1) is 63.2. The maximum absolute atomic E-state index is 12.1. The summed E-state index contributed by atoms with van der Waals surface area (Å²) >= 11 is 3.63. The minimum Gasteiger partial charge on any atom is -0.308 e. The van der Waals surface area contributed by atoms with E-state index in [4.69, 9.17) is 71.0 Å². The Morgan fingerprint density at radius 1 is 0.287 bits per heavy atom. The molecule has 1 N–H and O–H groups in total. The second-order valence-electron chi connectivity index (χ2n) is 27.0. The van der Waals surface area contributed by atoms with Crippen LogP contribution in [0.2, 0.25) is 0 Å². The number of nitrogens with one attached hydrogen (secondary N) is 1. The number of carbonyl (C=O) groups excluding carboxylic acids is 1. The summed E-state index contributed by atoms with van der Waals surface area (Å²) in [5.41, 5.74) is 18.5. The van der Waals surface area contributed by atoms with Crippen LogP contribution in [0.4, 0.5) is 34.1 Å². The Bertz CT molecular complexity index is 6060. The van der Waals surface area contributed by atoms with E-state index in [9.17, 15) is 4.79 Å². The second-order valence-corrected chi connectivity index (χ2v) is 27.9. The van der Waals surface area contributed by atoms with Crippen molar-refractivity contribution in [2.24, 2.45) is 0 Å². The normalized spacial score (nSPS) is 10.9. The largest absolute Gasteiger partial charge is 0.308 e. The van der Waals surface area contributed by atoms with E-state index in [0.29, 0.717) is 78.6 Å². The first kappa shape index (κ1) is 90.1. The summed E-state index contributed by atoms with van der Waals surface area (Å²) in [6.45, 7) is 41.9. The molecule has 17 aromatic rings. The molecular formula is C100H64BrN27O. The number of nitriles is 6. The number of carbonyl (C=O) groups is 1. The second kappa shape index (κ2) is 46.8. The summed E-state index contributed by atoms with van der Waals surface area (Å²) < 4.78 is 7.17. The van der Waals surface area contributed by atoms with Gasteiger partial charge in [0.05, 0.1) is 120 Å². The van der Waals surface area contributed by atoms with Crippen LogP contribution in [0, 0.1) is 107 Å². The van der Waals surface area contributed by atoms with E-state index in [0.717, 1.165) is 55.6 Å². The standard InChI is InChI=1S/4C17H11N5.C15H9BrN2.C15H8N2O.C2H3N3/c1-19-16-8-6-15(7-9-16)17(22-11-20-21-12-22)14-4-2-13(10-18)3-5-14;3*1-19-16-8-6-15(7-9-16)17(22-12-20-11-21-22)14-4-2-13(10-18)3-5-14;1-18-14-8-6-13(7-9-14)15(16)12-4-2-11(10-17)3-5-12;1-17-14-8-6-13(7-9-14)15(18)12-4-2-11(10-16)3-5-12;1-3-2-5-4-1/h4*2-9,11-12,17H;2-9,15H;2-9H;1-2H,(H,3,4,5). The molecule has 0 bridgehead atoms. The van der Waals surface area contributed by atoms with Crippen LogP contribution in [-0.2, 0) is 0 Å². The number of hydrogen-bond donors (Lipinski definition) is 1. The monoisotopic (exact) mass is 1740 g/mol. The molecule has 0 aliphatic heterocycles. The molecule has 0 saturated heterocycles. The van der Waals surface area contributed by atoms with Crippen LogP contribution in [0.1, 0.15) is 134 Å². The molecule has 5 aromatic heterocycles. The lowest BCUT2D eigenvalue weighted by atomic mass is 9.97. The summed E-state index contributed by atoms with van der Waals surface area (Å²) in [6.07, 6.45) is 15.7. The molecule has 0 aliphatic carbocycles. The van der Waals surface area contributed by atoms with Gasteiger partial charge in [-0.2, -0.15) is 52.0 Å². The van der Waals surface area contributed by atoms with Gasteiger partial charge in [-0.1, -0.05) is 222 Å². The van der Waals surface area contributed by atoms with Crippen LogP contribution in [0.5, 0.6) is 0 Å². The number of hydrogen-bond acceptors (Lipinski definition) is 17. The number of benzene rings is 12. The molecule has 5 heterocycles. The maximum atomic E-state index is 12.1. The lowest BCUT2D eigenvalue weighted by Crippen LogP contribution is -2.12. The van der Waals surface area contributed by atoms with Gasteiger partial charge in [0.15, 0.2) is 39.9 Å². The number of nitrogens with zero attached hydrogens (tertiary/aromatic N) is 26. The van der Waals surface area contributed by atoms with Gasteiger partial charge in [-0.25, -0.2) is 63.1 Å². The highest BCUT2D eigenvalue weighted by Gasteiger charge is 2.22. The molecule has 28 nitrogen and oxygen atoms in total. The number of aromatic nitrogens is 15. The van der Waals surface area contributed by atoms with Crippen LogP contribution in [-0.4, -0.2) is 80.0 Å². The zero-order valence-electron chi connectivity index (χ0n) is 67.8. The van der Waals surface area contributed by atoms with E-state index in [1.165, 1.54) is 31.6 Å². The van der Waals surface area contributed by atoms with E-state index in [1.807, 2.05) is 132 Å². The van der Waals surface area contributed by atoms with E-state index in [1.54, 1.807) is 216 Å². The van der Waals surface area contributed by atoms with Crippen molar-refractivity contribution >= 4 is 55.8 Å². The SMILES string of the molecule is [C-]#[N+]c1ccc(C(=O)c2ccc(C#N)cc2)cc1.[C-]#[N+]c1ccc(C(Br)c2ccc(C#N)cc2)cc1.[C-]#[N+]c1ccc(C(c2ccc(C#N)cc2)n2cncn2)cc1.[C-]#[N+]c1ccc(C(c2ccc(C#N)cc2)n2cncn2)cc1.[C-]#[N+]c1ccc(C(c2ccc(C#N)cc2)n2cncn2)cc1.[C-]#[N+]c1ccc(C(c2ccc(C#N)cc2)n2cnnc2)cc1.c1nc[nH]n1. The molecule has 0 radical (unpaired) electrons. The highest BCUT2D eigenvalue weighted by Crippen LogP contribution is 2.35. The molecule has 17 rings (SSSR count). The smallest absolute Gasteiger partial charge is 0.192 e. The van der Waals surface area contributed by atoms with Crippen molar-refractivity contribution in [1.29, 1.82) is 31.6 Å². The number of alkyl halides is 1. The number of aromatic amines is 1. The van der Waals surface area contributed by atoms with E-state index in [-0.39, 0.29) is 34.8 Å². The summed E-state index contributed by atoms with van der Waals surface area (Å²) in [5.74, 6) is -0.115. The molecule has 5 atom stereocenters. The third-order valence-corrected chi connectivity index (χ3v) is 20.2. The summed E-state index contributed by atoms with van der Waals surface area (Å²) in [6, 6.07) is 99.2. The lowest BCUT2D eigenvalue weighted by molar-refractivity contribution is 0.103. The molecule has 0 saturated carbocycles. The van der Waals surface area contributed by atoms with Crippen molar-refractivity contribution in [1.82, 2.24) is 74.2 Å². The van der Waals surface area contributed by atoms with Crippen molar-refractivity contribution < 1.29 is 4.79 Å². The Morgan fingerprint density at radius 2 is 0.504 bits per heavy atom. The summed E-state index contributed by atoms with van der Waals surface area (Å²) in [4.78, 5) is 48.0. The van der Waals surface area contributed by atoms with Gasteiger partial charge in [0.25, 0.3) is 0 Å². The molecular weight excluding hydrogens is 1680 g/mol. The fraction of sp³-hybridized carbons (Fsp3) is 0.0500. The van der Waals surface area contributed by atoms with Crippen molar-refractivity contribution in [3.05, 3.63) is 523 Å². The van der Waals surface area contributed by atoms with Crippen LogP contribution >= 0.6 is 15.9 Å². The Balaban J connectivity index is 0.000000148. The molecule has 0 fully saturated rings. The van der Waals surface area contributed by atoms with Gasteiger partial charge in [0, 0.05) is 11.1 Å². The predicted molar refractivity (Wildman–Crippen MR) is 483 cm³/mol. The van der Waals surface area contributed by atoms with Gasteiger partial charge in [0.2, 0.25) is 0 Å². The van der Waals surface area contributed by atoms with Gasteiger partial charge in [0.1, 0.15) is 81.4 Å². The third-order valence-electron chi connectivity index (χ3n) is 19.1. The quantitative estimate of drug-likeness (QED) is 0.0533.